The minimum Gasteiger partial charge on any atom is -0.302 e. The number of fused-ring (bicyclic) bond motifs is 1. The van der Waals surface area contributed by atoms with Crippen LogP contribution in [0.1, 0.15) is 24.0 Å². The zero-order valence-electron chi connectivity index (χ0n) is 8.96. The van der Waals surface area contributed by atoms with E-state index in [1.807, 2.05) is 0 Å². The molecule has 0 aromatic heterocycles. The summed E-state index contributed by atoms with van der Waals surface area (Å²) in [4.78, 5) is 0.368. The van der Waals surface area contributed by atoms with Gasteiger partial charge in [-0.25, -0.2) is 0 Å². The van der Waals surface area contributed by atoms with Crippen molar-refractivity contribution in [1.82, 2.24) is 5.32 Å². The van der Waals surface area contributed by atoms with Crippen LogP contribution >= 0.6 is 11.8 Å². The van der Waals surface area contributed by atoms with E-state index in [4.69, 9.17) is 0 Å². The molecule has 1 aromatic carbocycles. The Balaban J connectivity index is 1.87. The van der Waals surface area contributed by atoms with Crippen LogP contribution in [0.15, 0.2) is 24.3 Å². The van der Waals surface area contributed by atoms with E-state index in [2.05, 4.69) is 41.3 Å². The van der Waals surface area contributed by atoms with Crippen LogP contribution in [0.25, 0.3) is 0 Å². The molecule has 1 fully saturated rings. The lowest BCUT2D eigenvalue weighted by Gasteiger charge is -2.41. The Hall–Kier alpha value is -0.470. The molecule has 0 saturated carbocycles. The molecule has 1 saturated heterocycles. The van der Waals surface area contributed by atoms with Crippen molar-refractivity contribution >= 4 is 11.8 Å². The number of hydrogen-bond donors (Lipinski definition) is 1. The predicted octanol–water partition coefficient (Wildman–Crippen LogP) is 2.60. The third-order valence-corrected chi connectivity index (χ3v) is 5.08. The van der Waals surface area contributed by atoms with Crippen LogP contribution in [0, 0.1) is 0 Å². The van der Waals surface area contributed by atoms with Gasteiger partial charge in [-0.1, -0.05) is 24.3 Å². The maximum absolute atomic E-state index is 3.74. The molecule has 2 aliphatic rings. The Morgan fingerprint density at radius 1 is 1.20 bits per heavy atom. The standard InChI is InChI=1S/C13H17NS/c1-2-5-12-10-13(7-6-11(12)4-1)14-8-3-9-15-13/h1-2,4-5,14H,3,6-10H2. The van der Waals surface area contributed by atoms with Crippen molar-refractivity contribution in [3.63, 3.8) is 0 Å². The number of benzene rings is 1. The van der Waals surface area contributed by atoms with Gasteiger partial charge in [-0.15, -0.1) is 11.8 Å². The lowest BCUT2D eigenvalue weighted by Crippen LogP contribution is -2.49. The Kier molecular flexibility index (Phi) is 2.49. The van der Waals surface area contributed by atoms with Crippen molar-refractivity contribution in [2.45, 2.75) is 30.6 Å². The van der Waals surface area contributed by atoms with Crippen molar-refractivity contribution in [1.29, 1.82) is 0 Å². The van der Waals surface area contributed by atoms with Gasteiger partial charge in [0.25, 0.3) is 0 Å². The molecule has 1 aliphatic heterocycles. The van der Waals surface area contributed by atoms with Gasteiger partial charge >= 0.3 is 0 Å². The van der Waals surface area contributed by atoms with Gasteiger partial charge in [-0.3, -0.25) is 0 Å². The van der Waals surface area contributed by atoms with E-state index in [1.165, 1.54) is 38.0 Å². The highest BCUT2D eigenvalue weighted by Gasteiger charge is 2.35. The van der Waals surface area contributed by atoms with Gasteiger partial charge < -0.3 is 5.32 Å². The molecule has 3 rings (SSSR count). The monoisotopic (exact) mass is 219 g/mol. The topological polar surface area (TPSA) is 12.0 Å². The molecule has 1 nitrogen and oxygen atoms in total. The molecular formula is C13H17NS. The molecule has 2 heteroatoms. The van der Waals surface area contributed by atoms with E-state index >= 15 is 0 Å². The van der Waals surface area contributed by atoms with E-state index in [0.717, 1.165) is 0 Å². The zero-order valence-corrected chi connectivity index (χ0v) is 9.78. The number of rotatable bonds is 0. The van der Waals surface area contributed by atoms with Gasteiger partial charge in [0.05, 0.1) is 4.87 Å². The molecule has 80 valence electrons. The van der Waals surface area contributed by atoms with E-state index in [9.17, 15) is 0 Å². The van der Waals surface area contributed by atoms with E-state index in [-0.39, 0.29) is 0 Å². The molecule has 1 atom stereocenters. The molecule has 0 radical (unpaired) electrons. The van der Waals surface area contributed by atoms with Gasteiger partial charge in [-0.05, 0) is 42.7 Å². The average molecular weight is 219 g/mol. The summed E-state index contributed by atoms with van der Waals surface area (Å²) in [7, 11) is 0. The molecular weight excluding hydrogens is 202 g/mol. The third kappa shape index (κ3) is 1.81. The minimum absolute atomic E-state index is 0.368. The highest BCUT2D eigenvalue weighted by molar-refractivity contribution is 8.00. The van der Waals surface area contributed by atoms with Crippen molar-refractivity contribution in [3.05, 3.63) is 35.4 Å². The SMILES string of the molecule is c1ccc2c(c1)CCC1(C2)NCCCS1. The summed E-state index contributed by atoms with van der Waals surface area (Å²) in [6, 6.07) is 8.92. The fourth-order valence-corrected chi connectivity index (χ4v) is 4.07. The summed E-state index contributed by atoms with van der Waals surface area (Å²) in [6.07, 6.45) is 5.09. The van der Waals surface area contributed by atoms with Gasteiger partial charge in [0, 0.05) is 6.42 Å². The van der Waals surface area contributed by atoms with Crippen molar-refractivity contribution < 1.29 is 0 Å². The molecule has 0 amide bonds. The van der Waals surface area contributed by atoms with Crippen LogP contribution in [0.4, 0.5) is 0 Å². The van der Waals surface area contributed by atoms with E-state index in [1.54, 1.807) is 11.1 Å². The fraction of sp³-hybridized carbons (Fsp3) is 0.538. The summed E-state index contributed by atoms with van der Waals surface area (Å²) in [5.74, 6) is 1.33. The first-order valence-corrected chi connectivity index (χ1v) is 6.82. The first kappa shape index (κ1) is 9.73. The van der Waals surface area contributed by atoms with Gasteiger partial charge in [0.15, 0.2) is 0 Å². The molecule has 1 N–H and O–H groups in total. The molecule has 0 bridgehead atoms. The van der Waals surface area contributed by atoms with Crippen LogP contribution in [-0.2, 0) is 12.8 Å². The predicted molar refractivity (Wildman–Crippen MR) is 66.3 cm³/mol. The maximum atomic E-state index is 3.74. The Morgan fingerprint density at radius 2 is 2.07 bits per heavy atom. The summed E-state index contributed by atoms with van der Waals surface area (Å²) < 4.78 is 0. The van der Waals surface area contributed by atoms with Crippen molar-refractivity contribution in [2.75, 3.05) is 12.3 Å². The lowest BCUT2D eigenvalue weighted by molar-refractivity contribution is 0.405. The van der Waals surface area contributed by atoms with Gasteiger partial charge in [0.1, 0.15) is 0 Å². The Morgan fingerprint density at radius 3 is 2.87 bits per heavy atom. The van der Waals surface area contributed by atoms with Crippen LogP contribution in [0.2, 0.25) is 0 Å². The Labute approximate surface area is 95.6 Å². The quantitative estimate of drug-likeness (QED) is 0.720. The summed E-state index contributed by atoms with van der Waals surface area (Å²) in [6.45, 7) is 1.20. The second-order valence-electron chi connectivity index (χ2n) is 4.57. The minimum atomic E-state index is 0.368. The number of nitrogens with one attached hydrogen (secondary N) is 1. The summed E-state index contributed by atoms with van der Waals surface area (Å²) >= 11 is 2.14. The fourth-order valence-electron chi connectivity index (χ4n) is 2.69. The van der Waals surface area contributed by atoms with E-state index in [0.29, 0.717) is 4.87 Å². The zero-order chi connectivity index (χ0) is 10.1. The molecule has 1 spiro atoms. The highest BCUT2D eigenvalue weighted by Crippen LogP contribution is 2.38. The second kappa shape index (κ2) is 3.84. The summed E-state index contributed by atoms with van der Waals surface area (Å²) in [5.41, 5.74) is 3.13. The average Bonchev–Trinajstić information content (AvgIpc) is 2.30. The van der Waals surface area contributed by atoms with Crippen LogP contribution in [0.5, 0.6) is 0 Å². The molecule has 15 heavy (non-hydrogen) atoms. The van der Waals surface area contributed by atoms with Gasteiger partial charge in [0.2, 0.25) is 0 Å². The van der Waals surface area contributed by atoms with Crippen molar-refractivity contribution in [2.24, 2.45) is 0 Å². The van der Waals surface area contributed by atoms with Crippen LogP contribution in [0.3, 0.4) is 0 Å². The molecule has 1 aliphatic carbocycles. The van der Waals surface area contributed by atoms with Crippen LogP contribution in [-0.4, -0.2) is 17.2 Å². The maximum Gasteiger partial charge on any atom is 0.0689 e. The first-order valence-electron chi connectivity index (χ1n) is 5.84. The van der Waals surface area contributed by atoms with Crippen molar-refractivity contribution in [3.8, 4) is 0 Å². The molecule has 1 heterocycles. The third-order valence-electron chi connectivity index (χ3n) is 3.54. The Bertz CT molecular complexity index is 355. The number of hydrogen-bond acceptors (Lipinski definition) is 2. The smallest absolute Gasteiger partial charge is 0.0689 e. The molecule has 1 aromatic rings. The second-order valence-corrected chi connectivity index (χ2v) is 6.05. The number of thioether (sulfide) groups is 1. The lowest BCUT2D eigenvalue weighted by atomic mass is 9.87. The highest BCUT2D eigenvalue weighted by atomic mass is 32.2. The van der Waals surface area contributed by atoms with Gasteiger partial charge in [-0.2, -0.15) is 0 Å². The van der Waals surface area contributed by atoms with Crippen LogP contribution < -0.4 is 5.32 Å². The first-order chi connectivity index (χ1) is 7.38. The largest absolute Gasteiger partial charge is 0.302 e. The summed E-state index contributed by atoms with van der Waals surface area (Å²) in [5, 5.41) is 3.74. The molecule has 1 unspecified atom stereocenters. The number of aryl methyl sites for hydroxylation is 1. The van der Waals surface area contributed by atoms with E-state index < -0.39 is 0 Å². The normalized spacial score (nSPS) is 30.1.